The molecule has 5 saturated carbocycles. The van der Waals surface area contributed by atoms with Crippen LogP contribution in [0.5, 0.6) is 0 Å². The van der Waals surface area contributed by atoms with Crippen molar-refractivity contribution in [2.24, 2.45) is 34.0 Å². The number of fused-ring (bicyclic) bond motifs is 3. The molecule has 5 aliphatic heterocycles. The molecular weight excluding hydrogens is 1030 g/mol. The second-order valence-electron chi connectivity index (χ2n) is 23.5. The molecule has 0 radical (unpaired) electrons. The Bertz CT molecular complexity index is 2040. The summed E-state index contributed by atoms with van der Waals surface area (Å²) in [5.74, 6) is -1.43. The molecule has 0 aromatic carbocycles. The zero-order chi connectivity index (χ0) is 56.0. The second kappa shape index (κ2) is 23.1. The number of carbonyl (C=O) groups excluding carboxylic acids is 1. The molecule has 27 heteroatoms. The Balaban J connectivity index is 0.961. The molecule has 27 nitrogen and oxygen atoms in total. The Morgan fingerprint density at radius 2 is 1.01 bits per heavy atom. The van der Waals surface area contributed by atoms with Gasteiger partial charge in [-0.05, 0) is 81.5 Å². The quantitative estimate of drug-likeness (QED) is 0.0437. The van der Waals surface area contributed by atoms with Gasteiger partial charge in [-0.25, -0.2) is 0 Å². The van der Waals surface area contributed by atoms with Crippen molar-refractivity contribution in [2.75, 3.05) is 26.4 Å². The van der Waals surface area contributed by atoms with Gasteiger partial charge in [-0.3, -0.25) is 4.79 Å². The third kappa shape index (κ3) is 10.5. The van der Waals surface area contributed by atoms with Crippen molar-refractivity contribution in [1.82, 2.24) is 0 Å². The van der Waals surface area contributed by atoms with Gasteiger partial charge < -0.3 is 129 Å². The summed E-state index contributed by atoms with van der Waals surface area (Å²) < 4.78 is 60.3. The highest BCUT2D eigenvalue weighted by atomic mass is 16.8. The molecule has 26 unspecified atom stereocenters. The van der Waals surface area contributed by atoms with Crippen molar-refractivity contribution in [1.29, 1.82) is 0 Å². The molecule has 32 atom stereocenters. The van der Waals surface area contributed by atoms with Crippen LogP contribution in [-0.2, 0) is 52.2 Å². The lowest BCUT2D eigenvalue weighted by Gasteiger charge is -2.69. The molecule has 442 valence electrons. The Labute approximate surface area is 443 Å². The SMILES string of the molecule is C=C1C[C@@]23CC[C@H]4[C@@](C)(CCC[C@@]4(C)C(=O)OC4OC(CO)C(O)C(O)C4OC4OC(CO)C(O)C(O)C4O)[C@@H]2C[C@@H]1C(OC1OC(CO)C(O)C(OC2OC(CO)C(O)C(O)C2O)C1OC1OC(C)C(O)C(O)C1O)C3. The van der Waals surface area contributed by atoms with Gasteiger partial charge in [-0.15, -0.1) is 0 Å². The average molecular weight is 1110 g/mol. The van der Waals surface area contributed by atoms with E-state index in [1.54, 1.807) is 6.92 Å². The minimum absolute atomic E-state index is 0.0331. The summed E-state index contributed by atoms with van der Waals surface area (Å²) in [6, 6.07) is 0. The first kappa shape index (κ1) is 59.8. The fourth-order valence-electron chi connectivity index (χ4n) is 14.8. The van der Waals surface area contributed by atoms with E-state index in [4.69, 9.17) is 47.4 Å². The summed E-state index contributed by atoms with van der Waals surface area (Å²) in [5, 5.41) is 170. The standard InChI is InChI=1S/C50H80O27/c1-17-11-50-9-6-25-48(3,7-5-8-49(25,4)47(67)77-45-40(35(63)30(58)23(15-53)72-45)75-44-38(66)34(62)29(57)22(14-52)71-44)26(50)10-19(17)20(12-50)69-46-41(76-42-36(64)32(60)27(55)18(2)68-42)39(31(59)24(16-54)73-46)74-43-37(65)33(61)28(56)21(13-51)70-43/h18-46,51-66H,1,5-16H2,2-4H3/t18?,19-,20?,21?,22?,23?,24?,25-,26-,27?,28?,29?,30?,31?,32?,33?,34?,35?,36?,37?,38?,39?,40?,41?,42?,43?,44?,45?,46?,48+,49+,50+/m0/s1. The van der Waals surface area contributed by atoms with Crippen molar-refractivity contribution < 1.29 is 134 Å². The predicted molar refractivity (Wildman–Crippen MR) is 250 cm³/mol. The Kier molecular flexibility index (Phi) is 17.9. The maximum atomic E-state index is 14.9. The third-order valence-electron chi connectivity index (χ3n) is 19.1. The predicted octanol–water partition coefficient (Wildman–Crippen LogP) is -6.41. The lowest BCUT2D eigenvalue weighted by Crippen LogP contribution is -2.68. The van der Waals surface area contributed by atoms with E-state index in [0.717, 1.165) is 12.0 Å². The van der Waals surface area contributed by atoms with E-state index in [-0.39, 0.29) is 17.8 Å². The van der Waals surface area contributed by atoms with Crippen LogP contribution in [0.15, 0.2) is 12.2 Å². The summed E-state index contributed by atoms with van der Waals surface area (Å²) in [6.45, 7) is 6.67. The summed E-state index contributed by atoms with van der Waals surface area (Å²) in [7, 11) is 0. The zero-order valence-corrected chi connectivity index (χ0v) is 43.1. The molecule has 5 aliphatic carbocycles. The average Bonchev–Trinajstić information content (AvgIpc) is 3.52. The van der Waals surface area contributed by atoms with Crippen LogP contribution in [0.3, 0.4) is 0 Å². The van der Waals surface area contributed by atoms with E-state index in [1.807, 2.05) is 0 Å². The van der Waals surface area contributed by atoms with Crippen molar-refractivity contribution in [3.63, 3.8) is 0 Å². The van der Waals surface area contributed by atoms with Gasteiger partial charge in [0.25, 0.3) is 0 Å². The normalized spacial score (nSPS) is 55.1. The van der Waals surface area contributed by atoms with Crippen LogP contribution >= 0.6 is 0 Å². The number of hydrogen-bond donors (Lipinski definition) is 16. The number of ether oxygens (including phenoxy) is 10. The first-order valence-corrected chi connectivity index (χ1v) is 26.8. The first-order chi connectivity index (χ1) is 36.4. The first-order valence-electron chi connectivity index (χ1n) is 26.8. The lowest BCUT2D eigenvalue weighted by atomic mass is 9.36. The molecule has 16 N–H and O–H groups in total. The molecule has 0 aromatic heterocycles. The Morgan fingerprint density at radius 1 is 0.532 bits per heavy atom. The van der Waals surface area contributed by atoms with Gasteiger partial charge in [-0.1, -0.05) is 25.5 Å². The van der Waals surface area contributed by atoms with E-state index >= 15 is 0 Å². The molecule has 10 fully saturated rings. The van der Waals surface area contributed by atoms with E-state index in [9.17, 15) is 86.5 Å². The summed E-state index contributed by atoms with van der Waals surface area (Å²) in [4.78, 5) is 14.9. The lowest BCUT2D eigenvalue weighted by molar-refractivity contribution is -0.397. The minimum atomic E-state index is -1.95. The smallest absolute Gasteiger partial charge is 0.314 e. The summed E-state index contributed by atoms with van der Waals surface area (Å²) >= 11 is 0. The fraction of sp³-hybridized carbons (Fsp3) is 0.940. The molecule has 5 heterocycles. The molecule has 5 saturated heterocycles. The number of esters is 1. The van der Waals surface area contributed by atoms with Crippen LogP contribution in [0, 0.1) is 34.0 Å². The van der Waals surface area contributed by atoms with E-state index < -0.39 is 208 Å². The van der Waals surface area contributed by atoms with Crippen molar-refractivity contribution >= 4 is 5.97 Å². The maximum Gasteiger partial charge on any atom is 0.314 e. The van der Waals surface area contributed by atoms with Crippen LogP contribution in [0.25, 0.3) is 0 Å². The molecule has 1 spiro atoms. The van der Waals surface area contributed by atoms with Crippen molar-refractivity contribution in [2.45, 2.75) is 232 Å². The molecule has 0 aromatic rings. The molecular formula is C50H80O27. The highest BCUT2D eigenvalue weighted by Gasteiger charge is 2.68. The second-order valence-corrected chi connectivity index (χ2v) is 23.5. The maximum absolute atomic E-state index is 14.9. The topological polar surface area (TPSA) is 433 Å². The zero-order valence-electron chi connectivity index (χ0n) is 43.1. The molecule has 10 rings (SSSR count). The van der Waals surface area contributed by atoms with Crippen LogP contribution in [0.4, 0.5) is 0 Å². The molecule has 0 amide bonds. The third-order valence-corrected chi connectivity index (χ3v) is 19.1. The van der Waals surface area contributed by atoms with Gasteiger partial charge >= 0.3 is 5.97 Å². The molecule has 10 aliphatic rings. The van der Waals surface area contributed by atoms with Gasteiger partial charge in [0, 0.05) is 5.92 Å². The highest BCUT2D eigenvalue weighted by Crippen LogP contribution is 2.72. The summed E-state index contributed by atoms with van der Waals surface area (Å²) in [6.07, 6.45) is -38.8. The van der Waals surface area contributed by atoms with Crippen LogP contribution in [-0.4, -0.2) is 274 Å². The molecule has 2 bridgehead atoms. The van der Waals surface area contributed by atoms with E-state index in [0.29, 0.717) is 44.9 Å². The van der Waals surface area contributed by atoms with Gasteiger partial charge in [0.15, 0.2) is 31.3 Å². The number of aliphatic hydroxyl groups is 16. The van der Waals surface area contributed by atoms with Crippen molar-refractivity contribution in [3.8, 4) is 0 Å². The van der Waals surface area contributed by atoms with Gasteiger partial charge in [0.2, 0.25) is 6.29 Å². The number of aliphatic hydroxyl groups excluding tert-OH is 16. The number of carbonyl (C=O) groups is 1. The Morgan fingerprint density at radius 3 is 1.58 bits per heavy atom. The minimum Gasteiger partial charge on any atom is -0.432 e. The highest BCUT2D eigenvalue weighted by molar-refractivity contribution is 5.77. The van der Waals surface area contributed by atoms with Gasteiger partial charge in [-0.2, -0.15) is 0 Å². The molecule has 77 heavy (non-hydrogen) atoms. The largest absolute Gasteiger partial charge is 0.432 e. The van der Waals surface area contributed by atoms with Crippen LogP contribution in [0.1, 0.15) is 72.1 Å². The number of rotatable bonds is 14. The van der Waals surface area contributed by atoms with Gasteiger partial charge in [0.05, 0.1) is 44.1 Å². The van der Waals surface area contributed by atoms with Gasteiger partial charge in [0.1, 0.15) is 110 Å². The summed E-state index contributed by atoms with van der Waals surface area (Å²) in [5.41, 5.74) is -1.30. The fourth-order valence-corrected chi connectivity index (χ4v) is 14.8. The Hall–Kier alpha value is -1.79. The monoisotopic (exact) mass is 1110 g/mol. The van der Waals surface area contributed by atoms with Crippen molar-refractivity contribution in [3.05, 3.63) is 12.2 Å². The van der Waals surface area contributed by atoms with Crippen LogP contribution < -0.4 is 0 Å². The van der Waals surface area contributed by atoms with Crippen LogP contribution in [0.2, 0.25) is 0 Å². The number of hydrogen-bond acceptors (Lipinski definition) is 27. The van der Waals surface area contributed by atoms with E-state index in [1.165, 1.54) is 6.92 Å². The van der Waals surface area contributed by atoms with E-state index in [2.05, 4.69) is 13.5 Å².